The number of ether oxygens (including phenoxy) is 1. The molecular formula is C15H21N3O3. The van der Waals surface area contributed by atoms with E-state index < -0.39 is 11.8 Å². The first-order chi connectivity index (χ1) is 10.1. The van der Waals surface area contributed by atoms with Crippen molar-refractivity contribution < 1.29 is 14.3 Å². The van der Waals surface area contributed by atoms with Gasteiger partial charge in [-0.1, -0.05) is 30.3 Å². The van der Waals surface area contributed by atoms with Gasteiger partial charge < -0.3 is 10.1 Å². The summed E-state index contributed by atoms with van der Waals surface area (Å²) >= 11 is 0. The van der Waals surface area contributed by atoms with Gasteiger partial charge in [0.05, 0.1) is 12.3 Å². The lowest BCUT2D eigenvalue weighted by atomic mass is 10.2. The van der Waals surface area contributed by atoms with Crippen LogP contribution < -0.4 is 10.7 Å². The molecule has 6 heteroatoms. The molecule has 1 aromatic carbocycles. The molecule has 0 spiro atoms. The number of carbonyl (C=O) groups excluding carboxylic acids is 2. The zero-order valence-electron chi connectivity index (χ0n) is 12.3. The summed E-state index contributed by atoms with van der Waals surface area (Å²) in [4.78, 5) is 22.9. The third-order valence-corrected chi connectivity index (χ3v) is 2.44. The first kappa shape index (κ1) is 16.8. The Hall–Kier alpha value is -2.21. The Morgan fingerprint density at radius 3 is 2.62 bits per heavy atom. The van der Waals surface area contributed by atoms with E-state index in [1.165, 1.54) is 6.21 Å². The highest BCUT2D eigenvalue weighted by atomic mass is 16.5. The normalized spacial score (nSPS) is 10.8. The van der Waals surface area contributed by atoms with E-state index in [0.717, 1.165) is 5.56 Å². The third-order valence-electron chi connectivity index (χ3n) is 2.44. The summed E-state index contributed by atoms with van der Waals surface area (Å²) in [7, 11) is 0. The molecule has 114 valence electrons. The second kappa shape index (κ2) is 9.66. The van der Waals surface area contributed by atoms with Gasteiger partial charge in [-0.05, 0) is 25.8 Å². The molecule has 6 nitrogen and oxygen atoms in total. The van der Waals surface area contributed by atoms with Gasteiger partial charge in [0.2, 0.25) is 0 Å². The lowest BCUT2D eigenvalue weighted by Gasteiger charge is -2.07. The Morgan fingerprint density at radius 1 is 1.24 bits per heavy atom. The highest BCUT2D eigenvalue weighted by molar-refractivity contribution is 6.35. The van der Waals surface area contributed by atoms with Crippen LogP contribution in [0.15, 0.2) is 35.4 Å². The van der Waals surface area contributed by atoms with Crippen molar-refractivity contribution in [2.45, 2.75) is 26.4 Å². The second-order valence-corrected chi connectivity index (χ2v) is 4.64. The average Bonchev–Trinajstić information content (AvgIpc) is 2.47. The standard InChI is InChI=1S/C15H21N3O3/c1-12(2)21-10-6-9-16-14(19)15(20)18-17-11-13-7-4-3-5-8-13/h3-5,7-8,11-12H,6,9-10H2,1-2H3,(H,16,19)(H,18,20)/b17-11-. The van der Waals surface area contributed by atoms with E-state index in [4.69, 9.17) is 4.74 Å². The smallest absolute Gasteiger partial charge is 0.329 e. The molecule has 1 aromatic rings. The summed E-state index contributed by atoms with van der Waals surface area (Å²) in [5.41, 5.74) is 3.01. The van der Waals surface area contributed by atoms with Gasteiger partial charge in [-0.15, -0.1) is 0 Å². The Labute approximate surface area is 124 Å². The van der Waals surface area contributed by atoms with Crippen LogP contribution in [-0.2, 0) is 14.3 Å². The van der Waals surface area contributed by atoms with Crippen LogP contribution in [0, 0.1) is 0 Å². The van der Waals surface area contributed by atoms with E-state index in [2.05, 4.69) is 15.8 Å². The van der Waals surface area contributed by atoms with Crippen LogP contribution in [0.5, 0.6) is 0 Å². The molecule has 0 aliphatic heterocycles. The van der Waals surface area contributed by atoms with Gasteiger partial charge in [0.25, 0.3) is 0 Å². The lowest BCUT2D eigenvalue weighted by Crippen LogP contribution is -2.38. The van der Waals surface area contributed by atoms with Crippen molar-refractivity contribution in [3.8, 4) is 0 Å². The molecule has 2 amide bonds. The maximum absolute atomic E-state index is 11.4. The van der Waals surface area contributed by atoms with Crippen molar-refractivity contribution >= 4 is 18.0 Å². The summed E-state index contributed by atoms with van der Waals surface area (Å²) in [5, 5.41) is 6.22. The van der Waals surface area contributed by atoms with Gasteiger partial charge in [0.1, 0.15) is 0 Å². The highest BCUT2D eigenvalue weighted by Crippen LogP contribution is 1.93. The number of rotatable bonds is 7. The maximum atomic E-state index is 11.4. The topological polar surface area (TPSA) is 79.8 Å². The van der Waals surface area contributed by atoms with Crippen molar-refractivity contribution in [1.82, 2.24) is 10.7 Å². The molecule has 0 heterocycles. The molecule has 1 rings (SSSR count). The zero-order valence-corrected chi connectivity index (χ0v) is 12.3. The quantitative estimate of drug-likeness (QED) is 0.341. The van der Waals surface area contributed by atoms with Crippen molar-refractivity contribution in [3.05, 3.63) is 35.9 Å². The summed E-state index contributed by atoms with van der Waals surface area (Å²) in [6.45, 7) is 4.82. The van der Waals surface area contributed by atoms with E-state index in [9.17, 15) is 9.59 Å². The van der Waals surface area contributed by atoms with Crippen LogP contribution in [0.25, 0.3) is 0 Å². The molecule has 0 aliphatic carbocycles. The predicted molar refractivity (Wildman–Crippen MR) is 80.9 cm³/mol. The first-order valence-electron chi connectivity index (χ1n) is 6.87. The molecule has 0 unspecified atom stereocenters. The van der Waals surface area contributed by atoms with Crippen molar-refractivity contribution in [1.29, 1.82) is 0 Å². The second-order valence-electron chi connectivity index (χ2n) is 4.64. The van der Waals surface area contributed by atoms with E-state index in [0.29, 0.717) is 19.6 Å². The summed E-state index contributed by atoms with van der Waals surface area (Å²) in [5.74, 6) is -1.49. The average molecular weight is 291 g/mol. The number of hydrazone groups is 1. The highest BCUT2D eigenvalue weighted by Gasteiger charge is 2.11. The van der Waals surface area contributed by atoms with Crippen LogP contribution in [0.4, 0.5) is 0 Å². The Bertz CT molecular complexity index is 472. The molecule has 2 N–H and O–H groups in total. The number of hydrogen-bond donors (Lipinski definition) is 2. The molecule has 0 aliphatic rings. The molecule has 0 bridgehead atoms. The number of hydrogen-bond acceptors (Lipinski definition) is 4. The van der Waals surface area contributed by atoms with Gasteiger partial charge >= 0.3 is 11.8 Å². The van der Waals surface area contributed by atoms with Crippen molar-refractivity contribution in [3.63, 3.8) is 0 Å². The molecule has 21 heavy (non-hydrogen) atoms. The lowest BCUT2D eigenvalue weighted by molar-refractivity contribution is -0.139. The van der Waals surface area contributed by atoms with Gasteiger partial charge in [-0.2, -0.15) is 5.10 Å². The van der Waals surface area contributed by atoms with E-state index in [-0.39, 0.29) is 6.10 Å². The van der Waals surface area contributed by atoms with E-state index in [1.54, 1.807) is 0 Å². The van der Waals surface area contributed by atoms with Crippen LogP contribution in [0.2, 0.25) is 0 Å². The summed E-state index contributed by atoms with van der Waals surface area (Å²) in [6.07, 6.45) is 2.29. The minimum absolute atomic E-state index is 0.163. The van der Waals surface area contributed by atoms with Crippen LogP contribution in [-0.4, -0.2) is 37.3 Å². The number of amides is 2. The van der Waals surface area contributed by atoms with Crippen molar-refractivity contribution in [2.75, 3.05) is 13.2 Å². The monoisotopic (exact) mass is 291 g/mol. The Balaban J connectivity index is 2.19. The maximum Gasteiger partial charge on any atom is 0.329 e. The summed E-state index contributed by atoms with van der Waals surface area (Å²) in [6, 6.07) is 9.27. The van der Waals surface area contributed by atoms with Crippen LogP contribution in [0.1, 0.15) is 25.8 Å². The minimum atomic E-state index is -0.785. The largest absolute Gasteiger partial charge is 0.379 e. The van der Waals surface area contributed by atoms with E-state index in [1.807, 2.05) is 44.2 Å². The first-order valence-corrected chi connectivity index (χ1v) is 6.87. The predicted octanol–water partition coefficient (Wildman–Crippen LogP) is 1.07. The van der Waals surface area contributed by atoms with Gasteiger partial charge in [-0.25, -0.2) is 5.43 Å². The zero-order chi connectivity index (χ0) is 15.5. The fourth-order valence-electron chi connectivity index (χ4n) is 1.43. The number of benzene rings is 1. The fourth-order valence-corrected chi connectivity index (χ4v) is 1.43. The molecule has 0 aromatic heterocycles. The number of nitrogens with one attached hydrogen (secondary N) is 2. The summed E-state index contributed by atoms with van der Waals surface area (Å²) < 4.78 is 5.32. The molecular weight excluding hydrogens is 270 g/mol. The Kier molecular flexibility index (Phi) is 7.74. The third kappa shape index (κ3) is 7.84. The van der Waals surface area contributed by atoms with Crippen LogP contribution >= 0.6 is 0 Å². The fraction of sp³-hybridized carbons (Fsp3) is 0.400. The molecule has 0 fully saturated rings. The molecule has 0 radical (unpaired) electrons. The van der Waals surface area contributed by atoms with E-state index >= 15 is 0 Å². The number of carbonyl (C=O) groups is 2. The van der Waals surface area contributed by atoms with Crippen molar-refractivity contribution in [2.24, 2.45) is 5.10 Å². The van der Waals surface area contributed by atoms with Gasteiger partial charge in [0, 0.05) is 13.2 Å². The minimum Gasteiger partial charge on any atom is -0.379 e. The molecule has 0 atom stereocenters. The van der Waals surface area contributed by atoms with Gasteiger partial charge in [0.15, 0.2) is 0 Å². The van der Waals surface area contributed by atoms with Crippen LogP contribution in [0.3, 0.4) is 0 Å². The molecule has 0 saturated carbocycles. The SMILES string of the molecule is CC(C)OCCCNC(=O)C(=O)N/N=C\c1ccccc1. The molecule has 0 saturated heterocycles. The number of nitrogens with zero attached hydrogens (tertiary/aromatic N) is 1. The van der Waals surface area contributed by atoms with Gasteiger partial charge in [-0.3, -0.25) is 9.59 Å². The Morgan fingerprint density at radius 2 is 1.95 bits per heavy atom.